The Morgan fingerprint density at radius 3 is 2.62 bits per heavy atom. The van der Waals surface area contributed by atoms with E-state index in [0.717, 1.165) is 5.69 Å². The number of methoxy groups -OCH3 is 2. The summed E-state index contributed by atoms with van der Waals surface area (Å²) in [5.74, 6) is 1.79. The minimum Gasteiger partial charge on any atom is -0.497 e. The highest BCUT2D eigenvalue weighted by Gasteiger charge is 2.11. The zero-order chi connectivity index (χ0) is 15.2. The molecule has 0 amide bonds. The molecule has 0 aliphatic carbocycles. The highest BCUT2D eigenvalue weighted by atomic mass is 16.5. The van der Waals surface area contributed by atoms with Gasteiger partial charge in [0.2, 0.25) is 5.88 Å². The molecule has 2 aromatic rings. The zero-order valence-electron chi connectivity index (χ0n) is 12.4. The van der Waals surface area contributed by atoms with Crippen LogP contribution in [-0.4, -0.2) is 24.3 Å². The number of hydrogen-bond acceptors (Lipinski definition) is 5. The molecule has 1 aromatic heterocycles. The van der Waals surface area contributed by atoms with Crippen LogP contribution in [0.3, 0.4) is 0 Å². The van der Waals surface area contributed by atoms with E-state index in [1.165, 1.54) is 0 Å². The third-order valence-corrected chi connectivity index (χ3v) is 3.04. The van der Waals surface area contributed by atoms with E-state index in [4.69, 9.17) is 14.2 Å². The van der Waals surface area contributed by atoms with Crippen LogP contribution in [0.1, 0.15) is 24.3 Å². The summed E-state index contributed by atoms with van der Waals surface area (Å²) >= 11 is 0. The molecule has 112 valence electrons. The molecule has 1 atom stereocenters. The minimum absolute atomic E-state index is 0.282. The molecule has 2 rings (SSSR count). The largest absolute Gasteiger partial charge is 0.497 e. The van der Waals surface area contributed by atoms with Crippen LogP contribution in [0.4, 0.5) is 0 Å². The molecule has 0 aliphatic rings. The Balaban J connectivity index is 2.17. The summed E-state index contributed by atoms with van der Waals surface area (Å²) in [5, 5.41) is 9.79. The number of benzene rings is 1. The highest BCUT2D eigenvalue weighted by Crippen LogP contribution is 2.30. The standard InChI is InChI=1S/C16H19NO4/c1-11(18)14-8-7-13(19-2)9-15(14)21-10-12-5-4-6-16(17-12)20-3/h4-9,11,18H,10H2,1-3H3. The van der Waals surface area contributed by atoms with Crippen molar-refractivity contribution in [3.05, 3.63) is 47.7 Å². The van der Waals surface area contributed by atoms with E-state index >= 15 is 0 Å². The van der Waals surface area contributed by atoms with Crippen LogP contribution in [0, 0.1) is 0 Å². The summed E-state index contributed by atoms with van der Waals surface area (Å²) < 4.78 is 16.0. The molecule has 0 radical (unpaired) electrons. The van der Waals surface area contributed by atoms with Crippen LogP contribution < -0.4 is 14.2 Å². The molecule has 21 heavy (non-hydrogen) atoms. The predicted molar refractivity (Wildman–Crippen MR) is 78.7 cm³/mol. The second kappa shape index (κ2) is 6.95. The average Bonchev–Trinajstić information content (AvgIpc) is 2.52. The fourth-order valence-corrected chi connectivity index (χ4v) is 1.92. The van der Waals surface area contributed by atoms with E-state index in [1.807, 2.05) is 12.1 Å². The molecule has 5 heteroatoms. The van der Waals surface area contributed by atoms with Crippen molar-refractivity contribution in [3.8, 4) is 17.4 Å². The Bertz CT molecular complexity index is 599. The van der Waals surface area contributed by atoms with Gasteiger partial charge in [-0.15, -0.1) is 0 Å². The number of hydrogen-bond donors (Lipinski definition) is 1. The van der Waals surface area contributed by atoms with Gasteiger partial charge in [-0.1, -0.05) is 6.07 Å². The van der Waals surface area contributed by atoms with Gasteiger partial charge in [0, 0.05) is 17.7 Å². The first-order valence-electron chi connectivity index (χ1n) is 6.62. The lowest BCUT2D eigenvalue weighted by Gasteiger charge is -2.14. The second-order valence-electron chi connectivity index (χ2n) is 4.54. The summed E-state index contributed by atoms with van der Waals surface area (Å²) in [6.07, 6.45) is -0.621. The van der Waals surface area contributed by atoms with Crippen molar-refractivity contribution in [2.45, 2.75) is 19.6 Å². The van der Waals surface area contributed by atoms with Crippen LogP contribution in [-0.2, 0) is 6.61 Å². The smallest absolute Gasteiger partial charge is 0.213 e. The lowest BCUT2D eigenvalue weighted by molar-refractivity contribution is 0.189. The van der Waals surface area contributed by atoms with Crippen molar-refractivity contribution in [3.63, 3.8) is 0 Å². The Morgan fingerprint density at radius 2 is 1.95 bits per heavy atom. The third-order valence-electron chi connectivity index (χ3n) is 3.04. The van der Waals surface area contributed by atoms with Crippen molar-refractivity contribution in [2.75, 3.05) is 14.2 Å². The SMILES string of the molecule is COc1ccc(C(C)O)c(OCc2cccc(OC)n2)c1. The van der Waals surface area contributed by atoms with E-state index in [1.54, 1.807) is 45.4 Å². The summed E-state index contributed by atoms with van der Waals surface area (Å²) in [5.41, 5.74) is 1.45. The molecule has 0 fully saturated rings. The number of nitrogens with zero attached hydrogens (tertiary/aromatic N) is 1. The lowest BCUT2D eigenvalue weighted by atomic mass is 10.1. The number of ether oxygens (including phenoxy) is 3. The molecule has 0 bridgehead atoms. The minimum atomic E-state index is -0.621. The summed E-state index contributed by atoms with van der Waals surface area (Å²) in [7, 11) is 3.16. The zero-order valence-corrected chi connectivity index (χ0v) is 12.4. The predicted octanol–water partition coefficient (Wildman–Crippen LogP) is 2.73. The first-order valence-corrected chi connectivity index (χ1v) is 6.62. The fourth-order valence-electron chi connectivity index (χ4n) is 1.92. The molecule has 1 unspecified atom stereocenters. The summed E-state index contributed by atoms with van der Waals surface area (Å²) in [6.45, 7) is 1.97. The molecule has 1 N–H and O–H groups in total. The van der Waals surface area contributed by atoms with Gasteiger partial charge in [0.25, 0.3) is 0 Å². The van der Waals surface area contributed by atoms with E-state index in [2.05, 4.69) is 4.98 Å². The molecule has 0 spiro atoms. The maximum atomic E-state index is 9.79. The first-order chi connectivity index (χ1) is 10.1. The Morgan fingerprint density at radius 1 is 1.14 bits per heavy atom. The summed E-state index contributed by atoms with van der Waals surface area (Å²) in [6, 6.07) is 10.8. The molecule has 1 heterocycles. The van der Waals surface area contributed by atoms with E-state index in [9.17, 15) is 5.11 Å². The van der Waals surface area contributed by atoms with Crippen LogP contribution >= 0.6 is 0 Å². The van der Waals surface area contributed by atoms with Gasteiger partial charge in [-0.2, -0.15) is 0 Å². The Labute approximate surface area is 124 Å². The van der Waals surface area contributed by atoms with Crippen LogP contribution in [0.25, 0.3) is 0 Å². The third kappa shape index (κ3) is 3.86. The van der Waals surface area contributed by atoms with Gasteiger partial charge < -0.3 is 19.3 Å². The first kappa shape index (κ1) is 15.1. The van der Waals surface area contributed by atoms with Crippen molar-refractivity contribution >= 4 is 0 Å². The van der Waals surface area contributed by atoms with E-state index in [-0.39, 0.29) is 6.61 Å². The van der Waals surface area contributed by atoms with Gasteiger partial charge >= 0.3 is 0 Å². The number of pyridine rings is 1. The lowest BCUT2D eigenvalue weighted by Crippen LogP contribution is -2.03. The Hall–Kier alpha value is -2.27. The molecular weight excluding hydrogens is 270 g/mol. The normalized spacial score (nSPS) is 11.8. The second-order valence-corrected chi connectivity index (χ2v) is 4.54. The van der Waals surface area contributed by atoms with Crippen molar-refractivity contribution < 1.29 is 19.3 Å². The highest BCUT2D eigenvalue weighted by molar-refractivity contribution is 5.41. The maximum absolute atomic E-state index is 9.79. The molecule has 0 saturated heterocycles. The van der Waals surface area contributed by atoms with Crippen molar-refractivity contribution in [1.29, 1.82) is 0 Å². The topological polar surface area (TPSA) is 60.8 Å². The number of aliphatic hydroxyl groups excluding tert-OH is 1. The van der Waals surface area contributed by atoms with Crippen LogP contribution in [0.15, 0.2) is 36.4 Å². The van der Waals surface area contributed by atoms with E-state index < -0.39 is 6.10 Å². The van der Waals surface area contributed by atoms with Crippen molar-refractivity contribution in [1.82, 2.24) is 4.98 Å². The Kier molecular flexibility index (Phi) is 5.00. The average molecular weight is 289 g/mol. The molecule has 0 aliphatic heterocycles. The monoisotopic (exact) mass is 289 g/mol. The van der Waals surface area contributed by atoms with Gasteiger partial charge in [0.15, 0.2) is 0 Å². The fraction of sp³-hybridized carbons (Fsp3) is 0.312. The molecule has 0 saturated carbocycles. The number of rotatable bonds is 6. The molecular formula is C16H19NO4. The molecule has 1 aromatic carbocycles. The molecule has 5 nitrogen and oxygen atoms in total. The van der Waals surface area contributed by atoms with Gasteiger partial charge in [-0.3, -0.25) is 0 Å². The number of aliphatic hydroxyl groups is 1. The quantitative estimate of drug-likeness (QED) is 0.886. The van der Waals surface area contributed by atoms with Gasteiger partial charge in [0.1, 0.15) is 18.1 Å². The van der Waals surface area contributed by atoms with E-state index in [0.29, 0.717) is 22.9 Å². The van der Waals surface area contributed by atoms with Gasteiger partial charge in [0.05, 0.1) is 26.0 Å². The van der Waals surface area contributed by atoms with Crippen LogP contribution in [0.5, 0.6) is 17.4 Å². The van der Waals surface area contributed by atoms with Crippen LogP contribution in [0.2, 0.25) is 0 Å². The number of aromatic nitrogens is 1. The van der Waals surface area contributed by atoms with Gasteiger partial charge in [-0.25, -0.2) is 4.98 Å². The maximum Gasteiger partial charge on any atom is 0.213 e. The summed E-state index contributed by atoms with van der Waals surface area (Å²) in [4.78, 5) is 4.28. The van der Waals surface area contributed by atoms with Crippen molar-refractivity contribution in [2.24, 2.45) is 0 Å². The van der Waals surface area contributed by atoms with Gasteiger partial charge in [-0.05, 0) is 25.1 Å².